The fourth-order valence-electron chi connectivity index (χ4n) is 3.43. The van der Waals surface area contributed by atoms with Gasteiger partial charge in [0.1, 0.15) is 11.9 Å². The Hall–Kier alpha value is -1.99. The highest BCUT2D eigenvalue weighted by Crippen LogP contribution is 2.27. The minimum Gasteiger partial charge on any atom is -0.364 e. The van der Waals surface area contributed by atoms with Crippen molar-refractivity contribution in [2.24, 2.45) is 0 Å². The van der Waals surface area contributed by atoms with E-state index in [1.807, 2.05) is 46.7 Å². The predicted molar refractivity (Wildman–Crippen MR) is 102 cm³/mol. The summed E-state index contributed by atoms with van der Waals surface area (Å²) >= 11 is 5.27. The number of nitrogens with one attached hydrogen (secondary N) is 1. The van der Waals surface area contributed by atoms with Gasteiger partial charge in [0.25, 0.3) is 5.91 Å². The summed E-state index contributed by atoms with van der Waals surface area (Å²) < 4.78 is 8.48. The smallest absolute Gasteiger partial charge is 0.251 e. The van der Waals surface area contributed by atoms with Crippen LogP contribution in [-0.2, 0) is 22.7 Å². The van der Waals surface area contributed by atoms with Crippen LogP contribution in [-0.4, -0.2) is 44.8 Å². The van der Waals surface area contributed by atoms with Crippen LogP contribution in [0, 0.1) is 4.77 Å². The zero-order valence-corrected chi connectivity index (χ0v) is 16.2. The predicted octanol–water partition coefficient (Wildman–Crippen LogP) is 3.27. The van der Waals surface area contributed by atoms with Crippen LogP contribution in [0.4, 0.5) is 0 Å². The molecule has 0 radical (unpaired) electrons. The van der Waals surface area contributed by atoms with E-state index in [0.717, 1.165) is 43.9 Å². The quantitative estimate of drug-likeness (QED) is 0.788. The summed E-state index contributed by atoms with van der Waals surface area (Å²) in [7, 11) is 0. The van der Waals surface area contributed by atoms with Crippen molar-refractivity contribution in [3.05, 3.63) is 46.5 Å². The highest BCUT2D eigenvalue weighted by atomic mass is 32.1. The molecule has 1 amide bonds. The summed E-state index contributed by atoms with van der Waals surface area (Å²) in [5.41, 5.74) is 1.08. The molecule has 1 aliphatic rings. The maximum atomic E-state index is 12.6. The molecule has 1 saturated heterocycles. The molecular formula is C19H26N4O2S. The molecule has 7 heteroatoms. The van der Waals surface area contributed by atoms with Gasteiger partial charge in [0.05, 0.1) is 6.61 Å². The van der Waals surface area contributed by atoms with Gasteiger partial charge in [-0.2, -0.15) is 5.10 Å². The van der Waals surface area contributed by atoms with Gasteiger partial charge in [-0.1, -0.05) is 30.3 Å². The number of H-pyrrole nitrogens is 1. The molecule has 1 atom stereocenters. The van der Waals surface area contributed by atoms with Crippen molar-refractivity contribution in [3.8, 4) is 0 Å². The lowest BCUT2D eigenvalue weighted by molar-refractivity contribution is -0.144. The Morgan fingerprint density at radius 2 is 2.04 bits per heavy atom. The second kappa shape index (κ2) is 8.60. The fourth-order valence-corrected chi connectivity index (χ4v) is 3.70. The molecule has 1 aromatic carbocycles. The van der Waals surface area contributed by atoms with E-state index in [4.69, 9.17) is 17.0 Å². The van der Waals surface area contributed by atoms with Crippen molar-refractivity contribution in [1.82, 2.24) is 19.7 Å². The van der Waals surface area contributed by atoms with Crippen molar-refractivity contribution < 1.29 is 9.53 Å². The Kier molecular flexibility index (Phi) is 6.21. The van der Waals surface area contributed by atoms with E-state index in [9.17, 15) is 4.79 Å². The number of likely N-dealkylation sites (tertiary alicyclic amines) is 1. The lowest BCUT2D eigenvalue weighted by Crippen LogP contribution is -2.43. The van der Waals surface area contributed by atoms with Crippen molar-refractivity contribution in [2.45, 2.75) is 51.9 Å². The minimum absolute atomic E-state index is 0.0636. The lowest BCUT2D eigenvalue weighted by Gasteiger charge is -2.33. The van der Waals surface area contributed by atoms with Gasteiger partial charge in [-0.25, -0.2) is 0 Å². The average molecular weight is 375 g/mol. The molecule has 0 bridgehead atoms. The number of nitrogens with zero attached hydrogens (tertiary/aromatic N) is 3. The van der Waals surface area contributed by atoms with E-state index < -0.39 is 6.10 Å². The first kappa shape index (κ1) is 18.8. The molecule has 3 rings (SSSR count). The number of carbonyl (C=O) groups excluding carboxylic acids is 1. The van der Waals surface area contributed by atoms with Crippen LogP contribution in [0.2, 0.25) is 0 Å². The third kappa shape index (κ3) is 4.22. The van der Waals surface area contributed by atoms with Gasteiger partial charge >= 0.3 is 0 Å². The summed E-state index contributed by atoms with van der Waals surface area (Å²) in [4.78, 5) is 14.6. The monoisotopic (exact) mass is 374 g/mol. The average Bonchev–Trinajstić information content (AvgIpc) is 3.07. The van der Waals surface area contributed by atoms with E-state index in [-0.39, 0.29) is 5.91 Å². The third-order valence-electron chi connectivity index (χ3n) is 4.97. The number of aromatic amines is 1. The van der Waals surface area contributed by atoms with Crippen LogP contribution < -0.4 is 0 Å². The van der Waals surface area contributed by atoms with E-state index in [2.05, 4.69) is 17.1 Å². The highest BCUT2D eigenvalue weighted by molar-refractivity contribution is 7.71. The lowest BCUT2D eigenvalue weighted by atomic mass is 9.95. The van der Waals surface area contributed by atoms with Gasteiger partial charge < -0.3 is 14.2 Å². The summed E-state index contributed by atoms with van der Waals surface area (Å²) in [6.07, 6.45) is 1.37. The number of hydrogen-bond donors (Lipinski definition) is 1. The van der Waals surface area contributed by atoms with Crippen LogP contribution >= 0.6 is 12.2 Å². The second-order valence-corrected chi connectivity index (χ2v) is 7.06. The van der Waals surface area contributed by atoms with Crippen LogP contribution in [0.25, 0.3) is 0 Å². The molecule has 0 aliphatic carbocycles. The molecule has 0 saturated carbocycles. The molecule has 0 spiro atoms. The van der Waals surface area contributed by atoms with E-state index in [1.54, 1.807) is 0 Å². The number of piperidine rings is 1. The minimum atomic E-state index is -0.433. The first-order chi connectivity index (χ1) is 12.6. The van der Waals surface area contributed by atoms with E-state index in [1.165, 1.54) is 0 Å². The van der Waals surface area contributed by atoms with Crippen LogP contribution in [0.3, 0.4) is 0 Å². The molecule has 2 aromatic rings. The van der Waals surface area contributed by atoms with E-state index >= 15 is 0 Å². The number of carbonyl (C=O) groups is 1. The van der Waals surface area contributed by atoms with Crippen molar-refractivity contribution in [3.63, 3.8) is 0 Å². The third-order valence-corrected chi connectivity index (χ3v) is 5.28. The van der Waals surface area contributed by atoms with Gasteiger partial charge in [0.15, 0.2) is 4.77 Å². The van der Waals surface area contributed by atoms with Gasteiger partial charge in [-0.05, 0) is 44.5 Å². The summed E-state index contributed by atoms with van der Waals surface area (Å²) in [5, 5.41) is 7.28. The Balaban J connectivity index is 1.52. The molecule has 1 N–H and O–H groups in total. The van der Waals surface area contributed by atoms with Gasteiger partial charge in [0.2, 0.25) is 0 Å². The number of benzene rings is 1. The topological polar surface area (TPSA) is 63.1 Å². The van der Waals surface area contributed by atoms with Crippen molar-refractivity contribution in [1.29, 1.82) is 0 Å². The number of aromatic nitrogens is 3. The molecule has 1 unspecified atom stereocenters. The molecule has 140 valence electrons. The van der Waals surface area contributed by atoms with Crippen molar-refractivity contribution in [2.75, 3.05) is 13.1 Å². The first-order valence-electron chi connectivity index (χ1n) is 9.19. The Bertz CT molecular complexity index is 778. The molecule has 2 heterocycles. The number of hydrogen-bond acceptors (Lipinski definition) is 4. The number of amides is 1. The van der Waals surface area contributed by atoms with Gasteiger partial charge in [-0.15, -0.1) is 0 Å². The highest BCUT2D eigenvalue weighted by Gasteiger charge is 2.29. The van der Waals surface area contributed by atoms with Crippen molar-refractivity contribution >= 4 is 18.1 Å². The zero-order valence-electron chi connectivity index (χ0n) is 15.4. The zero-order chi connectivity index (χ0) is 18.5. The molecule has 1 aliphatic heterocycles. The van der Waals surface area contributed by atoms with Gasteiger partial charge in [-0.3, -0.25) is 9.89 Å². The van der Waals surface area contributed by atoms with Crippen LogP contribution in [0.15, 0.2) is 30.3 Å². The maximum absolute atomic E-state index is 12.6. The standard InChI is InChI=1S/C19H26N4O2S/c1-3-23-17(20-21-19(23)26)16-9-11-22(12-10-16)18(24)14(2)25-13-15-7-5-4-6-8-15/h4-8,14,16H,3,9-13H2,1-2H3,(H,21,26). The van der Waals surface area contributed by atoms with E-state index in [0.29, 0.717) is 17.3 Å². The number of ether oxygens (including phenoxy) is 1. The largest absolute Gasteiger partial charge is 0.364 e. The molecule has 1 aromatic heterocycles. The fraction of sp³-hybridized carbons (Fsp3) is 0.526. The second-order valence-electron chi connectivity index (χ2n) is 6.67. The normalized spacial score (nSPS) is 16.6. The molecular weight excluding hydrogens is 348 g/mol. The molecule has 26 heavy (non-hydrogen) atoms. The molecule has 1 fully saturated rings. The van der Waals surface area contributed by atoms with Crippen LogP contribution in [0.5, 0.6) is 0 Å². The Labute approximate surface area is 159 Å². The summed E-state index contributed by atoms with van der Waals surface area (Å²) in [6.45, 7) is 6.63. The number of rotatable bonds is 6. The Morgan fingerprint density at radius 3 is 2.69 bits per heavy atom. The van der Waals surface area contributed by atoms with Gasteiger partial charge in [0, 0.05) is 25.6 Å². The Morgan fingerprint density at radius 1 is 1.35 bits per heavy atom. The SMILES string of the molecule is CCn1c(C2CCN(C(=O)C(C)OCc3ccccc3)CC2)n[nH]c1=S. The summed E-state index contributed by atoms with van der Waals surface area (Å²) in [5.74, 6) is 1.42. The maximum Gasteiger partial charge on any atom is 0.251 e. The summed E-state index contributed by atoms with van der Waals surface area (Å²) in [6, 6.07) is 9.92. The van der Waals surface area contributed by atoms with Crippen LogP contribution in [0.1, 0.15) is 44.0 Å². The molecule has 6 nitrogen and oxygen atoms in total. The first-order valence-corrected chi connectivity index (χ1v) is 9.60.